The van der Waals surface area contributed by atoms with E-state index in [9.17, 15) is 25.0 Å². The minimum atomic E-state index is -0.650. The SMILES string of the molecule is O=C(NC1CCN(c2ccc([N+](=O)[O-])cc2[N+](=O)[O-])CC1)c1ccsc1. The molecular weight excluding hydrogens is 360 g/mol. The normalized spacial score (nSPS) is 14.8. The number of piperidine rings is 1. The molecule has 2 aromatic rings. The third kappa shape index (κ3) is 3.80. The molecule has 0 radical (unpaired) electrons. The summed E-state index contributed by atoms with van der Waals surface area (Å²) in [7, 11) is 0. The number of nitrogens with zero attached hydrogens (tertiary/aromatic N) is 3. The molecule has 2 heterocycles. The van der Waals surface area contributed by atoms with E-state index < -0.39 is 9.85 Å². The van der Waals surface area contributed by atoms with Gasteiger partial charge in [-0.1, -0.05) is 0 Å². The van der Waals surface area contributed by atoms with Crippen LogP contribution < -0.4 is 10.2 Å². The molecule has 0 aliphatic carbocycles. The van der Waals surface area contributed by atoms with Gasteiger partial charge in [0, 0.05) is 36.1 Å². The van der Waals surface area contributed by atoms with Crippen LogP contribution in [0.15, 0.2) is 35.0 Å². The number of nitrogens with one attached hydrogen (secondary N) is 1. The first kappa shape index (κ1) is 17.8. The standard InChI is InChI=1S/C16H16N4O5S/c21-16(11-5-8-26-10-11)17-12-3-6-18(7-4-12)14-2-1-13(19(22)23)9-15(14)20(24)25/h1-2,5,8-10,12H,3-4,6-7H2,(H,17,21). The first-order valence-corrected chi connectivity index (χ1v) is 8.91. The van der Waals surface area contributed by atoms with Crippen LogP contribution in [0, 0.1) is 20.2 Å². The fraction of sp³-hybridized carbons (Fsp3) is 0.312. The van der Waals surface area contributed by atoms with Crippen LogP contribution in [-0.2, 0) is 0 Å². The van der Waals surface area contributed by atoms with Crippen molar-refractivity contribution in [2.45, 2.75) is 18.9 Å². The number of amides is 1. The molecule has 10 heteroatoms. The number of thiophene rings is 1. The molecule has 26 heavy (non-hydrogen) atoms. The van der Waals surface area contributed by atoms with Crippen molar-refractivity contribution in [1.29, 1.82) is 0 Å². The van der Waals surface area contributed by atoms with Gasteiger partial charge in [-0.05, 0) is 30.4 Å². The van der Waals surface area contributed by atoms with Gasteiger partial charge in [0.25, 0.3) is 17.3 Å². The van der Waals surface area contributed by atoms with E-state index in [1.165, 1.54) is 23.5 Å². The minimum Gasteiger partial charge on any atom is -0.366 e. The summed E-state index contributed by atoms with van der Waals surface area (Å²) in [6.45, 7) is 1.04. The Balaban J connectivity index is 1.67. The van der Waals surface area contributed by atoms with Crippen LogP contribution in [0.2, 0.25) is 0 Å². The highest BCUT2D eigenvalue weighted by molar-refractivity contribution is 7.08. The molecule has 1 amide bonds. The van der Waals surface area contributed by atoms with Gasteiger partial charge >= 0.3 is 0 Å². The van der Waals surface area contributed by atoms with E-state index in [0.29, 0.717) is 37.2 Å². The van der Waals surface area contributed by atoms with Crippen LogP contribution in [0.4, 0.5) is 17.1 Å². The van der Waals surface area contributed by atoms with Gasteiger partial charge in [-0.15, -0.1) is 0 Å². The maximum Gasteiger partial charge on any atom is 0.299 e. The first-order valence-electron chi connectivity index (χ1n) is 7.96. The van der Waals surface area contributed by atoms with Crippen LogP contribution >= 0.6 is 11.3 Å². The lowest BCUT2D eigenvalue weighted by atomic mass is 10.0. The Morgan fingerprint density at radius 2 is 1.88 bits per heavy atom. The molecule has 3 rings (SSSR count). The van der Waals surface area contributed by atoms with Crippen molar-refractivity contribution >= 4 is 34.3 Å². The fourth-order valence-electron chi connectivity index (χ4n) is 2.97. The molecule has 1 aliphatic heterocycles. The number of carbonyl (C=O) groups excluding carboxylic acids is 1. The van der Waals surface area contributed by atoms with Gasteiger partial charge in [0.15, 0.2) is 0 Å². The minimum absolute atomic E-state index is 0.00393. The van der Waals surface area contributed by atoms with Gasteiger partial charge in [0.2, 0.25) is 0 Å². The lowest BCUT2D eigenvalue weighted by Gasteiger charge is -2.33. The summed E-state index contributed by atoms with van der Waals surface area (Å²) in [5, 5.41) is 28.7. The second-order valence-electron chi connectivity index (χ2n) is 5.93. The molecular formula is C16H16N4O5S. The Morgan fingerprint density at radius 3 is 2.46 bits per heavy atom. The Hall–Kier alpha value is -3.01. The summed E-state index contributed by atoms with van der Waals surface area (Å²) < 4.78 is 0. The second-order valence-corrected chi connectivity index (χ2v) is 6.71. The van der Waals surface area contributed by atoms with Crippen LogP contribution in [0.25, 0.3) is 0 Å². The van der Waals surface area contributed by atoms with Crippen molar-refractivity contribution in [2.75, 3.05) is 18.0 Å². The third-order valence-electron chi connectivity index (χ3n) is 4.32. The smallest absolute Gasteiger partial charge is 0.299 e. The second kappa shape index (κ2) is 7.48. The van der Waals surface area contributed by atoms with E-state index in [4.69, 9.17) is 0 Å². The number of nitro benzene ring substituents is 2. The predicted molar refractivity (Wildman–Crippen MR) is 96.8 cm³/mol. The number of carbonyl (C=O) groups is 1. The number of benzene rings is 1. The Labute approximate surface area is 152 Å². The Bertz CT molecular complexity index is 831. The van der Waals surface area contributed by atoms with Crippen LogP contribution in [0.1, 0.15) is 23.2 Å². The summed E-state index contributed by atoms with van der Waals surface area (Å²) >= 11 is 1.45. The van der Waals surface area contributed by atoms with E-state index in [1.807, 2.05) is 10.3 Å². The summed E-state index contributed by atoms with van der Waals surface area (Å²) in [6, 6.07) is 5.43. The van der Waals surface area contributed by atoms with Crippen molar-refractivity contribution < 1.29 is 14.6 Å². The number of rotatable bonds is 5. The lowest BCUT2D eigenvalue weighted by Crippen LogP contribution is -2.44. The summed E-state index contributed by atoms with van der Waals surface area (Å²) in [4.78, 5) is 34.8. The molecule has 9 nitrogen and oxygen atoms in total. The Kier molecular flexibility index (Phi) is 5.12. The fourth-order valence-corrected chi connectivity index (χ4v) is 3.60. The lowest BCUT2D eigenvalue weighted by molar-refractivity contribution is -0.393. The van der Waals surface area contributed by atoms with E-state index in [1.54, 1.807) is 11.4 Å². The number of hydrogen-bond donors (Lipinski definition) is 1. The average Bonchev–Trinajstić information content (AvgIpc) is 3.16. The largest absolute Gasteiger partial charge is 0.366 e. The molecule has 0 atom stereocenters. The molecule has 0 unspecified atom stereocenters. The quantitative estimate of drug-likeness (QED) is 0.633. The van der Waals surface area contributed by atoms with Gasteiger partial charge in [0.1, 0.15) is 5.69 Å². The van der Waals surface area contributed by atoms with Gasteiger partial charge in [-0.3, -0.25) is 25.0 Å². The monoisotopic (exact) mass is 376 g/mol. The highest BCUT2D eigenvalue weighted by atomic mass is 32.1. The van der Waals surface area contributed by atoms with E-state index in [0.717, 1.165) is 6.07 Å². The van der Waals surface area contributed by atoms with Crippen molar-refractivity contribution in [3.05, 3.63) is 60.8 Å². The molecule has 0 saturated carbocycles. The molecule has 1 N–H and O–H groups in total. The zero-order valence-corrected chi connectivity index (χ0v) is 14.5. The highest BCUT2D eigenvalue weighted by Gasteiger charge is 2.27. The molecule has 136 valence electrons. The molecule has 1 aliphatic rings. The highest BCUT2D eigenvalue weighted by Crippen LogP contribution is 2.33. The predicted octanol–water partition coefficient (Wildman–Crippen LogP) is 2.96. The Morgan fingerprint density at radius 1 is 1.15 bits per heavy atom. The summed E-state index contributed by atoms with van der Waals surface area (Å²) in [5.74, 6) is -0.119. The number of anilines is 1. The molecule has 1 saturated heterocycles. The molecule has 0 spiro atoms. The van der Waals surface area contributed by atoms with Crippen molar-refractivity contribution in [3.8, 4) is 0 Å². The van der Waals surface area contributed by atoms with E-state index in [-0.39, 0.29) is 23.3 Å². The van der Waals surface area contributed by atoms with E-state index >= 15 is 0 Å². The van der Waals surface area contributed by atoms with Crippen molar-refractivity contribution in [3.63, 3.8) is 0 Å². The number of hydrogen-bond acceptors (Lipinski definition) is 7. The maximum absolute atomic E-state index is 12.1. The van der Waals surface area contributed by atoms with Gasteiger partial charge < -0.3 is 10.2 Å². The molecule has 1 aromatic carbocycles. The number of non-ortho nitro benzene ring substituents is 1. The van der Waals surface area contributed by atoms with E-state index in [2.05, 4.69) is 5.32 Å². The van der Waals surface area contributed by atoms with Crippen molar-refractivity contribution in [2.24, 2.45) is 0 Å². The average molecular weight is 376 g/mol. The molecule has 1 aromatic heterocycles. The van der Waals surface area contributed by atoms with Crippen LogP contribution in [-0.4, -0.2) is 34.9 Å². The van der Waals surface area contributed by atoms with Gasteiger partial charge in [-0.25, -0.2) is 0 Å². The maximum atomic E-state index is 12.1. The molecule has 1 fully saturated rings. The topological polar surface area (TPSA) is 119 Å². The summed E-state index contributed by atoms with van der Waals surface area (Å²) in [6.07, 6.45) is 1.29. The number of nitro groups is 2. The van der Waals surface area contributed by atoms with Crippen molar-refractivity contribution in [1.82, 2.24) is 5.32 Å². The third-order valence-corrected chi connectivity index (χ3v) is 5.00. The van der Waals surface area contributed by atoms with Gasteiger partial charge in [-0.2, -0.15) is 11.3 Å². The molecule has 0 bridgehead atoms. The van der Waals surface area contributed by atoms with Crippen LogP contribution in [0.5, 0.6) is 0 Å². The van der Waals surface area contributed by atoms with Gasteiger partial charge in [0.05, 0.1) is 15.9 Å². The van der Waals surface area contributed by atoms with Crippen LogP contribution in [0.3, 0.4) is 0 Å². The first-order chi connectivity index (χ1) is 12.5. The zero-order chi connectivity index (χ0) is 18.7. The zero-order valence-electron chi connectivity index (χ0n) is 13.7. The summed E-state index contributed by atoms with van der Waals surface area (Å²) in [5.41, 5.74) is 0.407.